The maximum atomic E-state index is 12.6. The van der Waals surface area contributed by atoms with E-state index >= 15 is 0 Å². The Balaban J connectivity index is 1.52. The number of nitrogens with one attached hydrogen (secondary N) is 1. The standard InChI is InChI=1S/C21H17N3OS/c1-14(26-20-12-11-15-6-2-3-8-17(15)23-20)21(25)24-19-10-4-9-18-16(19)7-5-13-22-18/h2-14H,1H3,(H,24,25). The van der Waals surface area contributed by atoms with Gasteiger partial charge in [0.1, 0.15) is 0 Å². The van der Waals surface area contributed by atoms with E-state index in [1.807, 2.05) is 73.7 Å². The number of carbonyl (C=O) groups is 1. The van der Waals surface area contributed by atoms with E-state index in [2.05, 4.69) is 15.3 Å². The van der Waals surface area contributed by atoms with Crippen LogP contribution in [0.25, 0.3) is 21.8 Å². The van der Waals surface area contributed by atoms with Gasteiger partial charge in [-0.2, -0.15) is 0 Å². The summed E-state index contributed by atoms with van der Waals surface area (Å²) in [5, 5.41) is 5.61. The number of thioether (sulfide) groups is 1. The van der Waals surface area contributed by atoms with Gasteiger partial charge in [-0.05, 0) is 43.3 Å². The molecule has 0 radical (unpaired) electrons. The Labute approximate surface area is 155 Å². The minimum atomic E-state index is -0.268. The fourth-order valence-corrected chi connectivity index (χ4v) is 3.62. The highest BCUT2D eigenvalue weighted by atomic mass is 32.2. The second kappa shape index (κ2) is 7.14. The van der Waals surface area contributed by atoms with Crippen molar-refractivity contribution in [1.82, 2.24) is 9.97 Å². The first-order valence-corrected chi connectivity index (χ1v) is 9.26. The minimum absolute atomic E-state index is 0.0543. The van der Waals surface area contributed by atoms with Gasteiger partial charge in [0.25, 0.3) is 0 Å². The van der Waals surface area contributed by atoms with E-state index in [4.69, 9.17) is 0 Å². The number of anilines is 1. The molecule has 1 amide bonds. The van der Waals surface area contributed by atoms with Gasteiger partial charge in [-0.15, -0.1) is 0 Å². The molecule has 128 valence electrons. The molecule has 5 heteroatoms. The molecule has 1 atom stereocenters. The molecule has 2 aromatic carbocycles. The van der Waals surface area contributed by atoms with Crippen molar-refractivity contribution in [3.8, 4) is 0 Å². The monoisotopic (exact) mass is 359 g/mol. The molecule has 0 spiro atoms. The number of fused-ring (bicyclic) bond motifs is 2. The molecule has 4 nitrogen and oxygen atoms in total. The fourth-order valence-electron chi connectivity index (χ4n) is 2.79. The molecule has 0 saturated carbocycles. The molecular formula is C21H17N3OS. The number of hydrogen-bond acceptors (Lipinski definition) is 4. The summed E-state index contributed by atoms with van der Waals surface area (Å²) in [4.78, 5) is 21.6. The van der Waals surface area contributed by atoms with Crippen LogP contribution in [-0.2, 0) is 4.79 Å². The second-order valence-electron chi connectivity index (χ2n) is 5.97. The minimum Gasteiger partial charge on any atom is -0.324 e. The summed E-state index contributed by atoms with van der Waals surface area (Å²) >= 11 is 1.45. The highest BCUT2D eigenvalue weighted by Crippen LogP contribution is 2.26. The van der Waals surface area contributed by atoms with Crippen LogP contribution in [-0.4, -0.2) is 21.1 Å². The van der Waals surface area contributed by atoms with Gasteiger partial charge in [0, 0.05) is 17.0 Å². The molecule has 4 rings (SSSR count). The zero-order valence-electron chi connectivity index (χ0n) is 14.2. The number of rotatable bonds is 4. The molecule has 0 fully saturated rings. The van der Waals surface area contributed by atoms with Gasteiger partial charge >= 0.3 is 0 Å². The lowest BCUT2D eigenvalue weighted by molar-refractivity contribution is -0.115. The van der Waals surface area contributed by atoms with Crippen LogP contribution < -0.4 is 5.32 Å². The summed E-state index contributed by atoms with van der Waals surface area (Å²) in [5.41, 5.74) is 2.58. The summed E-state index contributed by atoms with van der Waals surface area (Å²) in [7, 11) is 0. The number of nitrogens with zero attached hydrogens (tertiary/aromatic N) is 2. The Bertz CT molecular complexity index is 1090. The third-order valence-corrected chi connectivity index (χ3v) is 5.18. The van der Waals surface area contributed by atoms with Crippen LogP contribution >= 0.6 is 11.8 Å². The Kier molecular flexibility index (Phi) is 4.54. The lowest BCUT2D eigenvalue weighted by Crippen LogP contribution is -2.22. The predicted molar refractivity (Wildman–Crippen MR) is 107 cm³/mol. The molecule has 26 heavy (non-hydrogen) atoms. The number of benzene rings is 2. The second-order valence-corrected chi connectivity index (χ2v) is 7.33. The molecule has 0 aliphatic rings. The van der Waals surface area contributed by atoms with Crippen molar-refractivity contribution in [2.75, 3.05) is 5.32 Å². The Morgan fingerprint density at radius 3 is 2.73 bits per heavy atom. The molecule has 4 aromatic rings. The highest BCUT2D eigenvalue weighted by Gasteiger charge is 2.16. The average Bonchev–Trinajstić information content (AvgIpc) is 2.68. The Morgan fingerprint density at radius 1 is 0.962 bits per heavy atom. The van der Waals surface area contributed by atoms with Gasteiger partial charge in [-0.1, -0.05) is 42.1 Å². The van der Waals surface area contributed by atoms with Crippen LogP contribution in [0.15, 0.2) is 78.0 Å². The lowest BCUT2D eigenvalue weighted by atomic mass is 10.2. The van der Waals surface area contributed by atoms with Gasteiger partial charge in [-0.3, -0.25) is 9.78 Å². The van der Waals surface area contributed by atoms with Gasteiger partial charge < -0.3 is 5.32 Å². The van der Waals surface area contributed by atoms with E-state index in [-0.39, 0.29) is 11.2 Å². The van der Waals surface area contributed by atoms with E-state index in [9.17, 15) is 4.79 Å². The van der Waals surface area contributed by atoms with E-state index in [1.54, 1.807) is 6.20 Å². The third-order valence-electron chi connectivity index (χ3n) is 4.14. The van der Waals surface area contributed by atoms with Crippen molar-refractivity contribution in [2.24, 2.45) is 0 Å². The maximum Gasteiger partial charge on any atom is 0.237 e. The first-order chi connectivity index (χ1) is 12.7. The largest absolute Gasteiger partial charge is 0.324 e. The Hall–Kier alpha value is -2.92. The summed E-state index contributed by atoms with van der Waals surface area (Å²) in [5.74, 6) is -0.0543. The number of aromatic nitrogens is 2. The zero-order chi connectivity index (χ0) is 17.9. The summed E-state index contributed by atoms with van der Waals surface area (Å²) < 4.78 is 0. The van der Waals surface area contributed by atoms with Crippen molar-refractivity contribution >= 4 is 45.2 Å². The quantitative estimate of drug-likeness (QED) is 0.527. The fraction of sp³-hybridized carbons (Fsp3) is 0.0952. The number of carbonyl (C=O) groups excluding carboxylic acids is 1. The molecule has 1 N–H and O–H groups in total. The van der Waals surface area contributed by atoms with Crippen molar-refractivity contribution in [1.29, 1.82) is 0 Å². The summed E-state index contributed by atoms with van der Waals surface area (Å²) in [6, 6.07) is 21.5. The van der Waals surface area contributed by atoms with Gasteiger partial charge in [0.05, 0.1) is 27.0 Å². The van der Waals surface area contributed by atoms with Crippen LogP contribution in [0.1, 0.15) is 6.92 Å². The topological polar surface area (TPSA) is 54.9 Å². The van der Waals surface area contributed by atoms with Gasteiger partial charge in [-0.25, -0.2) is 4.98 Å². The molecule has 1 unspecified atom stereocenters. The molecule has 2 aromatic heterocycles. The SMILES string of the molecule is CC(Sc1ccc2ccccc2n1)C(=O)Nc1cccc2ncccc12. The zero-order valence-corrected chi connectivity index (χ0v) is 15.0. The highest BCUT2D eigenvalue weighted by molar-refractivity contribution is 8.00. The normalized spacial score (nSPS) is 12.2. The van der Waals surface area contributed by atoms with Crippen LogP contribution in [0.2, 0.25) is 0 Å². The molecule has 0 aliphatic heterocycles. The number of pyridine rings is 2. The van der Waals surface area contributed by atoms with Crippen molar-refractivity contribution in [3.63, 3.8) is 0 Å². The first-order valence-electron chi connectivity index (χ1n) is 8.38. The predicted octanol–water partition coefficient (Wildman–Crippen LogP) is 4.90. The van der Waals surface area contributed by atoms with Crippen LogP contribution in [0, 0.1) is 0 Å². The van der Waals surface area contributed by atoms with Gasteiger partial charge in [0.15, 0.2) is 0 Å². The van der Waals surface area contributed by atoms with E-state index in [0.29, 0.717) is 0 Å². The van der Waals surface area contributed by atoms with Crippen molar-refractivity contribution in [2.45, 2.75) is 17.2 Å². The molecule has 0 saturated heterocycles. The number of para-hydroxylation sites is 1. The first kappa shape index (κ1) is 16.5. The third kappa shape index (κ3) is 3.39. The molecule has 0 aliphatic carbocycles. The van der Waals surface area contributed by atoms with Crippen molar-refractivity contribution < 1.29 is 4.79 Å². The average molecular weight is 359 g/mol. The van der Waals surface area contributed by atoms with Crippen molar-refractivity contribution in [3.05, 3.63) is 72.9 Å². The smallest absolute Gasteiger partial charge is 0.237 e. The maximum absolute atomic E-state index is 12.6. The van der Waals surface area contributed by atoms with Crippen LogP contribution in [0.5, 0.6) is 0 Å². The van der Waals surface area contributed by atoms with E-state index in [0.717, 1.165) is 32.5 Å². The lowest BCUT2D eigenvalue weighted by Gasteiger charge is -2.13. The molecular weight excluding hydrogens is 342 g/mol. The van der Waals surface area contributed by atoms with Gasteiger partial charge in [0.2, 0.25) is 5.91 Å². The molecule has 0 bridgehead atoms. The van der Waals surface area contributed by atoms with E-state index in [1.165, 1.54) is 11.8 Å². The van der Waals surface area contributed by atoms with Crippen LogP contribution in [0.3, 0.4) is 0 Å². The summed E-state index contributed by atoms with van der Waals surface area (Å²) in [6.07, 6.45) is 1.75. The van der Waals surface area contributed by atoms with E-state index < -0.39 is 0 Å². The number of amides is 1. The Morgan fingerprint density at radius 2 is 1.81 bits per heavy atom. The molecule has 2 heterocycles. The summed E-state index contributed by atoms with van der Waals surface area (Å²) in [6.45, 7) is 1.89. The number of hydrogen-bond donors (Lipinski definition) is 1. The van der Waals surface area contributed by atoms with Crippen LogP contribution in [0.4, 0.5) is 5.69 Å².